The van der Waals surface area contributed by atoms with E-state index in [9.17, 15) is 4.39 Å². The highest BCUT2D eigenvalue weighted by atomic mass is 19.1. The zero-order valence-corrected chi connectivity index (χ0v) is 18.9. The lowest BCUT2D eigenvalue weighted by Crippen LogP contribution is -2.62. The largest absolute Gasteiger partial charge is 0.384 e. The van der Waals surface area contributed by atoms with Gasteiger partial charge in [0.1, 0.15) is 11.6 Å². The fraction of sp³-hybridized carbons (Fsp3) is 0.583. The second-order valence-corrected chi connectivity index (χ2v) is 9.70. The van der Waals surface area contributed by atoms with Crippen LogP contribution in [0.5, 0.6) is 0 Å². The van der Waals surface area contributed by atoms with Crippen LogP contribution in [0.4, 0.5) is 4.39 Å². The third-order valence-corrected chi connectivity index (χ3v) is 5.69. The molecule has 1 aliphatic rings. The molecule has 0 amide bonds. The zero-order chi connectivity index (χ0) is 21.8. The number of hydrogen-bond acceptors (Lipinski definition) is 5. The van der Waals surface area contributed by atoms with Crippen LogP contribution in [-0.4, -0.2) is 45.7 Å². The van der Waals surface area contributed by atoms with Gasteiger partial charge in [0, 0.05) is 67.3 Å². The van der Waals surface area contributed by atoms with E-state index >= 15 is 0 Å². The van der Waals surface area contributed by atoms with Crippen molar-refractivity contribution in [1.82, 2.24) is 20.2 Å². The van der Waals surface area contributed by atoms with Crippen LogP contribution in [-0.2, 0) is 24.2 Å². The summed E-state index contributed by atoms with van der Waals surface area (Å²) >= 11 is 0. The van der Waals surface area contributed by atoms with Crippen LogP contribution in [0.15, 0.2) is 36.7 Å². The first-order chi connectivity index (χ1) is 14.2. The Kier molecular flexibility index (Phi) is 7.22. The number of methoxy groups -OCH3 is 1. The fourth-order valence-corrected chi connectivity index (χ4v) is 4.71. The number of nitrogens with zero attached hydrogens (tertiary/aromatic N) is 3. The van der Waals surface area contributed by atoms with Crippen molar-refractivity contribution < 1.29 is 9.13 Å². The first-order valence-corrected chi connectivity index (χ1v) is 10.7. The third kappa shape index (κ3) is 6.30. The second-order valence-electron chi connectivity index (χ2n) is 9.70. The molecule has 6 heteroatoms. The van der Waals surface area contributed by atoms with Crippen LogP contribution in [0.3, 0.4) is 0 Å². The maximum absolute atomic E-state index is 14.5. The molecule has 0 radical (unpaired) electrons. The lowest BCUT2D eigenvalue weighted by atomic mass is 9.79. The van der Waals surface area contributed by atoms with Crippen molar-refractivity contribution >= 4 is 0 Å². The summed E-state index contributed by atoms with van der Waals surface area (Å²) in [4.78, 5) is 11.4. The van der Waals surface area contributed by atoms with E-state index in [0.29, 0.717) is 32.2 Å². The molecule has 3 rings (SSSR count). The van der Waals surface area contributed by atoms with Gasteiger partial charge in [-0.1, -0.05) is 18.2 Å². The summed E-state index contributed by atoms with van der Waals surface area (Å²) in [5.41, 5.74) is 1.80. The number of aromatic nitrogens is 2. The summed E-state index contributed by atoms with van der Waals surface area (Å²) in [5.74, 6) is 0.631. The molecule has 0 bridgehead atoms. The molecular formula is C24H35FN4O. The molecule has 1 aromatic heterocycles. The molecule has 0 saturated carbocycles. The average Bonchev–Trinajstić information content (AvgIpc) is 2.66. The first kappa shape index (κ1) is 22.8. The van der Waals surface area contributed by atoms with Crippen molar-refractivity contribution in [3.63, 3.8) is 0 Å². The van der Waals surface area contributed by atoms with Crippen LogP contribution < -0.4 is 5.32 Å². The maximum atomic E-state index is 14.5. The van der Waals surface area contributed by atoms with Crippen LogP contribution in [0, 0.1) is 5.82 Å². The lowest BCUT2D eigenvalue weighted by molar-refractivity contribution is 0.0556. The standard InChI is InChI=1S/C24H35FN4O/c1-23(2)12-20(13-24(3,4)28-23)29(17-19-8-6-7-9-21(19)25)16-18-14-26-22(27-15-18)10-11-30-5/h6-9,14-15,20,28H,10-13,16-17H2,1-5H3. The van der Waals surface area contributed by atoms with Gasteiger partial charge in [-0.05, 0) is 46.6 Å². The highest BCUT2D eigenvalue weighted by molar-refractivity contribution is 5.18. The van der Waals surface area contributed by atoms with Crippen molar-refractivity contribution in [2.24, 2.45) is 0 Å². The molecule has 30 heavy (non-hydrogen) atoms. The lowest BCUT2D eigenvalue weighted by Gasteiger charge is -2.49. The van der Waals surface area contributed by atoms with E-state index in [-0.39, 0.29) is 16.9 Å². The topological polar surface area (TPSA) is 50.3 Å². The molecule has 164 valence electrons. The van der Waals surface area contributed by atoms with Crippen LogP contribution in [0.25, 0.3) is 0 Å². The summed E-state index contributed by atoms with van der Waals surface area (Å²) < 4.78 is 19.6. The molecule has 2 heterocycles. The molecule has 0 spiro atoms. The number of benzene rings is 1. The normalized spacial score (nSPS) is 18.6. The predicted octanol–water partition coefficient (Wildman–Crippen LogP) is 4.12. The molecule has 1 fully saturated rings. The van der Waals surface area contributed by atoms with Gasteiger partial charge in [-0.3, -0.25) is 4.90 Å². The van der Waals surface area contributed by atoms with Crippen molar-refractivity contribution in [1.29, 1.82) is 0 Å². The number of ether oxygens (including phenoxy) is 1. The van der Waals surface area contributed by atoms with Gasteiger partial charge >= 0.3 is 0 Å². The van der Waals surface area contributed by atoms with E-state index in [2.05, 4.69) is 47.9 Å². The Labute approximate surface area is 180 Å². The molecule has 1 aromatic carbocycles. The Morgan fingerprint density at radius 2 is 1.70 bits per heavy atom. The maximum Gasteiger partial charge on any atom is 0.130 e. The van der Waals surface area contributed by atoms with Gasteiger partial charge in [-0.2, -0.15) is 0 Å². The SMILES string of the molecule is COCCc1ncc(CN(Cc2ccccc2F)C2CC(C)(C)NC(C)(C)C2)cn1. The van der Waals surface area contributed by atoms with Crippen LogP contribution in [0.2, 0.25) is 0 Å². The number of rotatable bonds is 8. The summed E-state index contributed by atoms with van der Waals surface area (Å²) in [7, 11) is 1.68. The van der Waals surface area contributed by atoms with Crippen molar-refractivity contribution in [3.05, 3.63) is 59.4 Å². The van der Waals surface area contributed by atoms with E-state index in [1.807, 2.05) is 24.5 Å². The van der Waals surface area contributed by atoms with Crippen molar-refractivity contribution in [2.45, 2.75) is 77.2 Å². The van der Waals surface area contributed by atoms with Gasteiger partial charge in [0.2, 0.25) is 0 Å². The van der Waals surface area contributed by atoms with Crippen LogP contribution >= 0.6 is 0 Å². The van der Waals surface area contributed by atoms with E-state index in [1.54, 1.807) is 13.2 Å². The van der Waals surface area contributed by atoms with E-state index in [1.165, 1.54) is 6.07 Å². The zero-order valence-electron chi connectivity index (χ0n) is 18.9. The first-order valence-electron chi connectivity index (χ1n) is 10.7. The number of halogens is 1. The highest BCUT2D eigenvalue weighted by Gasteiger charge is 2.40. The molecule has 0 atom stereocenters. The summed E-state index contributed by atoms with van der Waals surface area (Å²) in [6, 6.07) is 7.39. The Bertz CT molecular complexity index is 806. The Morgan fingerprint density at radius 1 is 1.07 bits per heavy atom. The van der Waals surface area contributed by atoms with Crippen molar-refractivity contribution in [2.75, 3.05) is 13.7 Å². The fourth-order valence-electron chi connectivity index (χ4n) is 4.71. The predicted molar refractivity (Wildman–Crippen MR) is 118 cm³/mol. The average molecular weight is 415 g/mol. The minimum Gasteiger partial charge on any atom is -0.384 e. The quantitative estimate of drug-likeness (QED) is 0.704. The molecule has 1 N–H and O–H groups in total. The second kappa shape index (κ2) is 9.50. The molecule has 5 nitrogen and oxygen atoms in total. The van der Waals surface area contributed by atoms with Gasteiger partial charge in [0.15, 0.2) is 0 Å². The van der Waals surface area contributed by atoms with Gasteiger partial charge in [0.05, 0.1) is 6.61 Å². The van der Waals surface area contributed by atoms with E-state index in [0.717, 1.165) is 29.8 Å². The molecule has 0 aliphatic carbocycles. The molecule has 2 aromatic rings. The Balaban J connectivity index is 1.83. The smallest absolute Gasteiger partial charge is 0.130 e. The number of piperidine rings is 1. The summed E-state index contributed by atoms with van der Waals surface area (Å²) in [6.45, 7) is 10.8. The third-order valence-electron chi connectivity index (χ3n) is 5.69. The molecule has 1 saturated heterocycles. The monoisotopic (exact) mass is 414 g/mol. The summed E-state index contributed by atoms with van der Waals surface area (Å²) in [5, 5.41) is 3.75. The van der Waals surface area contributed by atoms with Gasteiger partial charge in [0.25, 0.3) is 0 Å². The Hall–Kier alpha value is -1.89. The molecule has 1 aliphatic heterocycles. The number of nitrogens with one attached hydrogen (secondary N) is 1. The highest BCUT2D eigenvalue weighted by Crippen LogP contribution is 2.33. The molecular weight excluding hydrogens is 379 g/mol. The van der Waals surface area contributed by atoms with Gasteiger partial charge < -0.3 is 10.1 Å². The Morgan fingerprint density at radius 3 is 2.30 bits per heavy atom. The number of hydrogen-bond donors (Lipinski definition) is 1. The minimum atomic E-state index is -0.152. The van der Waals surface area contributed by atoms with E-state index < -0.39 is 0 Å². The van der Waals surface area contributed by atoms with Gasteiger partial charge in [-0.25, -0.2) is 14.4 Å². The van der Waals surface area contributed by atoms with Crippen LogP contribution in [0.1, 0.15) is 57.5 Å². The minimum absolute atomic E-state index is 0.0143. The van der Waals surface area contributed by atoms with Gasteiger partial charge in [-0.15, -0.1) is 0 Å². The van der Waals surface area contributed by atoms with Crippen molar-refractivity contribution in [3.8, 4) is 0 Å². The summed E-state index contributed by atoms with van der Waals surface area (Å²) in [6.07, 6.45) is 6.48. The molecule has 0 unspecified atom stereocenters. The van der Waals surface area contributed by atoms with E-state index in [4.69, 9.17) is 4.74 Å².